The number of nitrogens with one attached hydrogen (secondary N) is 1. The monoisotopic (exact) mass is 306 g/mol. The first-order valence-electron chi connectivity index (χ1n) is 6.93. The molecule has 0 fully saturated rings. The van der Waals surface area contributed by atoms with Crippen molar-refractivity contribution in [3.63, 3.8) is 0 Å². The predicted octanol–water partition coefficient (Wildman–Crippen LogP) is 2.60. The van der Waals surface area contributed by atoms with Crippen molar-refractivity contribution in [1.29, 1.82) is 0 Å². The van der Waals surface area contributed by atoms with Crippen molar-refractivity contribution in [1.82, 2.24) is 19.9 Å². The van der Waals surface area contributed by atoms with Crippen LogP contribution in [0.1, 0.15) is 0 Å². The Morgan fingerprint density at radius 2 is 2.13 bits per heavy atom. The van der Waals surface area contributed by atoms with Crippen LogP contribution < -0.4 is 9.47 Å². The van der Waals surface area contributed by atoms with Gasteiger partial charge in [0.25, 0.3) is 0 Å². The Kier molecular flexibility index (Phi) is 4.20. The van der Waals surface area contributed by atoms with E-state index >= 15 is 0 Å². The summed E-state index contributed by atoms with van der Waals surface area (Å²) < 4.78 is 11.1. The van der Waals surface area contributed by atoms with Gasteiger partial charge in [-0.3, -0.25) is 0 Å². The predicted molar refractivity (Wildman–Crippen MR) is 87.1 cm³/mol. The summed E-state index contributed by atoms with van der Waals surface area (Å²) in [5, 5.41) is 0. The average molecular weight is 306 g/mol. The summed E-state index contributed by atoms with van der Waals surface area (Å²) in [4.78, 5) is 15.9. The molecular formula is C17H14N4O2. The van der Waals surface area contributed by atoms with Crippen LogP contribution in [0.15, 0.2) is 43.2 Å². The molecule has 0 aliphatic heterocycles. The zero-order valence-corrected chi connectivity index (χ0v) is 12.3. The van der Waals surface area contributed by atoms with Crippen LogP contribution in [-0.2, 0) is 0 Å². The Hall–Kier alpha value is -3.33. The van der Waals surface area contributed by atoms with Gasteiger partial charge in [-0.2, -0.15) is 0 Å². The standard InChI is InChI=1S/C17H14N4O2/c1-3-9-22-12-5-6-13(14(11-12)23-10-4-2)15-20-16-17(21-15)19-8-7-18-16/h1,4-8,11H,2,9-10H2,(H,18,19,20,21). The van der Waals surface area contributed by atoms with Gasteiger partial charge in [0.2, 0.25) is 0 Å². The molecule has 0 aliphatic carbocycles. The maximum Gasteiger partial charge on any atom is 0.197 e. The minimum Gasteiger partial charge on any atom is -0.489 e. The summed E-state index contributed by atoms with van der Waals surface area (Å²) in [5.74, 6) is 4.28. The van der Waals surface area contributed by atoms with Crippen molar-refractivity contribution < 1.29 is 9.47 Å². The molecule has 6 nitrogen and oxygen atoms in total. The molecule has 6 heteroatoms. The second-order valence-electron chi connectivity index (χ2n) is 4.56. The molecule has 114 valence electrons. The molecule has 0 amide bonds. The van der Waals surface area contributed by atoms with Gasteiger partial charge in [-0.25, -0.2) is 15.0 Å². The summed E-state index contributed by atoms with van der Waals surface area (Å²) in [6.07, 6.45) is 10.1. The average Bonchev–Trinajstić information content (AvgIpc) is 3.02. The zero-order chi connectivity index (χ0) is 16.1. The fourth-order valence-electron chi connectivity index (χ4n) is 2.06. The number of imidazole rings is 1. The van der Waals surface area contributed by atoms with Crippen LogP contribution in [-0.4, -0.2) is 33.1 Å². The fraction of sp³-hybridized carbons (Fsp3) is 0.118. The molecule has 1 N–H and O–H groups in total. The highest BCUT2D eigenvalue weighted by atomic mass is 16.5. The Labute approximate surface area is 133 Å². The van der Waals surface area contributed by atoms with Gasteiger partial charge in [-0.1, -0.05) is 18.6 Å². The van der Waals surface area contributed by atoms with Crippen molar-refractivity contribution in [3.8, 4) is 35.2 Å². The molecular weight excluding hydrogens is 292 g/mol. The fourth-order valence-corrected chi connectivity index (χ4v) is 2.06. The van der Waals surface area contributed by atoms with E-state index in [1.807, 2.05) is 12.1 Å². The van der Waals surface area contributed by atoms with Gasteiger partial charge in [0, 0.05) is 18.5 Å². The Morgan fingerprint density at radius 1 is 1.26 bits per heavy atom. The minimum absolute atomic E-state index is 0.193. The summed E-state index contributed by atoms with van der Waals surface area (Å²) in [7, 11) is 0. The molecule has 2 aromatic heterocycles. The van der Waals surface area contributed by atoms with E-state index in [0.717, 1.165) is 5.56 Å². The molecule has 0 spiro atoms. The van der Waals surface area contributed by atoms with Crippen LogP contribution in [0.3, 0.4) is 0 Å². The summed E-state index contributed by atoms with van der Waals surface area (Å²) in [5.41, 5.74) is 1.94. The summed E-state index contributed by atoms with van der Waals surface area (Å²) in [6, 6.07) is 5.42. The van der Waals surface area contributed by atoms with Gasteiger partial charge in [0.15, 0.2) is 11.3 Å². The molecule has 0 radical (unpaired) electrons. The van der Waals surface area contributed by atoms with Crippen molar-refractivity contribution >= 4 is 11.3 Å². The molecule has 0 bridgehead atoms. The van der Waals surface area contributed by atoms with Crippen molar-refractivity contribution in [2.24, 2.45) is 0 Å². The molecule has 3 aromatic rings. The quantitative estimate of drug-likeness (QED) is 0.560. The molecule has 23 heavy (non-hydrogen) atoms. The molecule has 1 aromatic carbocycles. The van der Waals surface area contributed by atoms with Gasteiger partial charge < -0.3 is 14.5 Å². The van der Waals surface area contributed by atoms with E-state index in [9.17, 15) is 0 Å². The Morgan fingerprint density at radius 3 is 2.91 bits per heavy atom. The lowest BCUT2D eigenvalue weighted by molar-refractivity contribution is 0.349. The first-order valence-corrected chi connectivity index (χ1v) is 6.93. The molecule has 2 heterocycles. The van der Waals surface area contributed by atoms with E-state index in [2.05, 4.69) is 32.4 Å². The topological polar surface area (TPSA) is 72.9 Å². The molecule has 0 unspecified atom stereocenters. The van der Waals surface area contributed by atoms with Gasteiger partial charge >= 0.3 is 0 Å². The maximum absolute atomic E-state index is 5.71. The third kappa shape index (κ3) is 3.14. The zero-order valence-electron chi connectivity index (χ0n) is 12.3. The molecule has 0 saturated heterocycles. The first kappa shape index (κ1) is 14.6. The van der Waals surface area contributed by atoms with E-state index in [1.165, 1.54) is 0 Å². The SMILES string of the molecule is C#CCOc1ccc(-c2nc3nccnc3[nH]2)c(OCC=C)c1. The van der Waals surface area contributed by atoms with E-state index < -0.39 is 0 Å². The number of nitrogens with zero attached hydrogens (tertiary/aromatic N) is 3. The summed E-state index contributed by atoms with van der Waals surface area (Å²) >= 11 is 0. The highest BCUT2D eigenvalue weighted by Crippen LogP contribution is 2.32. The molecule has 0 atom stereocenters. The number of fused-ring (bicyclic) bond motifs is 1. The van der Waals surface area contributed by atoms with Crippen molar-refractivity contribution in [2.75, 3.05) is 13.2 Å². The third-order valence-corrected chi connectivity index (χ3v) is 3.02. The van der Waals surface area contributed by atoms with Crippen LogP contribution in [0.4, 0.5) is 0 Å². The van der Waals surface area contributed by atoms with Gasteiger partial charge in [-0.05, 0) is 12.1 Å². The minimum atomic E-state index is 0.193. The number of ether oxygens (including phenoxy) is 2. The van der Waals surface area contributed by atoms with Crippen molar-refractivity contribution in [2.45, 2.75) is 0 Å². The second-order valence-corrected chi connectivity index (χ2v) is 4.56. The molecule has 3 rings (SSSR count). The number of terminal acetylenes is 1. The van der Waals surface area contributed by atoms with Gasteiger partial charge in [0.05, 0.1) is 5.56 Å². The smallest absolute Gasteiger partial charge is 0.197 e. The Balaban J connectivity index is 2.02. The lowest BCUT2D eigenvalue weighted by Crippen LogP contribution is -1.98. The largest absolute Gasteiger partial charge is 0.489 e. The molecule has 0 aliphatic rings. The van der Waals surface area contributed by atoms with Gasteiger partial charge in [0.1, 0.15) is 30.5 Å². The lowest BCUT2D eigenvalue weighted by atomic mass is 10.2. The maximum atomic E-state index is 5.71. The van der Waals surface area contributed by atoms with E-state index in [4.69, 9.17) is 15.9 Å². The number of benzene rings is 1. The highest BCUT2D eigenvalue weighted by Gasteiger charge is 2.13. The lowest BCUT2D eigenvalue weighted by Gasteiger charge is -2.11. The Bertz CT molecular complexity index is 847. The van der Waals surface area contributed by atoms with E-state index in [0.29, 0.717) is 35.2 Å². The van der Waals surface area contributed by atoms with E-state index in [1.54, 1.807) is 24.5 Å². The number of aromatic amines is 1. The third-order valence-electron chi connectivity index (χ3n) is 3.02. The normalized spacial score (nSPS) is 10.2. The highest BCUT2D eigenvalue weighted by molar-refractivity contribution is 5.75. The summed E-state index contributed by atoms with van der Waals surface area (Å²) in [6.45, 7) is 4.22. The van der Waals surface area contributed by atoms with Crippen LogP contribution in [0, 0.1) is 12.3 Å². The van der Waals surface area contributed by atoms with Gasteiger partial charge in [-0.15, -0.1) is 6.42 Å². The second kappa shape index (κ2) is 6.62. The number of rotatable bonds is 6. The van der Waals surface area contributed by atoms with E-state index in [-0.39, 0.29) is 6.61 Å². The first-order chi connectivity index (χ1) is 11.3. The van der Waals surface area contributed by atoms with Crippen LogP contribution in [0.2, 0.25) is 0 Å². The van der Waals surface area contributed by atoms with Crippen LogP contribution >= 0.6 is 0 Å². The number of hydrogen-bond donors (Lipinski definition) is 1. The number of hydrogen-bond acceptors (Lipinski definition) is 5. The van der Waals surface area contributed by atoms with Crippen LogP contribution in [0.5, 0.6) is 11.5 Å². The van der Waals surface area contributed by atoms with Crippen LogP contribution in [0.25, 0.3) is 22.7 Å². The number of H-pyrrole nitrogens is 1. The molecule has 0 saturated carbocycles. The van der Waals surface area contributed by atoms with Crippen molar-refractivity contribution in [3.05, 3.63) is 43.2 Å². The number of aromatic nitrogens is 4.